The van der Waals surface area contributed by atoms with Crippen molar-refractivity contribution >= 4 is 29.3 Å². The van der Waals surface area contributed by atoms with E-state index >= 15 is 0 Å². The van der Waals surface area contributed by atoms with Gasteiger partial charge in [-0.3, -0.25) is 4.79 Å². The zero-order valence-corrected chi connectivity index (χ0v) is 13.5. The minimum Gasteiger partial charge on any atom is -0.494 e. The third kappa shape index (κ3) is 4.12. The van der Waals surface area contributed by atoms with Crippen LogP contribution in [0, 0.1) is 11.8 Å². The summed E-state index contributed by atoms with van der Waals surface area (Å²) in [6.45, 7) is 4.43. The molecule has 0 unspecified atom stereocenters. The Morgan fingerprint density at radius 3 is 2.33 bits per heavy atom. The first-order valence-electron chi connectivity index (χ1n) is 7.37. The molecule has 0 radical (unpaired) electrons. The molecule has 1 saturated heterocycles. The zero-order valence-electron chi connectivity index (χ0n) is 12.0. The highest BCUT2D eigenvalue weighted by Gasteiger charge is 2.38. The van der Waals surface area contributed by atoms with Gasteiger partial charge in [-0.2, -0.15) is 0 Å². The molecule has 21 heavy (non-hydrogen) atoms. The van der Waals surface area contributed by atoms with Gasteiger partial charge in [0.25, 0.3) is 5.24 Å². The van der Waals surface area contributed by atoms with Crippen molar-refractivity contribution in [2.45, 2.75) is 19.3 Å². The number of carbonyl (C=O) groups excluding carboxylic acids is 1. The highest BCUT2D eigenvalue weighted by Crippen LogP contribution is 2.40. The number of carbonyl (C=O) groups is 1. The number of rotatable bonds is 6. The minimum absolute atomic E-state index is 0. The number of ether oxygens (including phenoxy) is 1. The highest BCUT2D eigenvalue weighted by atomic mass is 35.5. The highest BCUT2D eigenvalue weighted by molar-refractivity contribution is 6.67. The van der Waals surface area contributed by atoms with Crippen LogP contribution in [0.4, 0.5) is 0 Å². The SMILES string of the molecule is Cl.O=C(Cl)c1ccc(OCCCN2C[C@H]3CC[C@H]3C2)cc1. The summed E-state index contributed by atoms with van der Waals surface area (Å²) < 4.78 is 5.69. The van der Waals surface area contributed by atoms with Gasteiger partial charge >= 0.3 is 0 Å². The van der Waals surface area contributed by atoms with E-state index in [0.717, 1.165) is 37.2 Å². The topological polar surface area (TPSA) is 29.5 Å². The number of nitrogens with zero attached hydrogens (tertiary/aromatic N) is 1. The maximum Gasteiger partial charge on any atom is 0.252 e. The van der Waals surface area contributed by atoms with Gasteiger partial charge in [0, 0.05) is 25.2 Å². The summed E-state index contributed by atoms with van der Waals surface area (Å²) in [5, 5.41) is -0.430. The van der Waals surface area contributed by atoms with Crippen molar-refractivity contribution in [2.75, 3.05) is 26.2 Å². The molecule has 1 aromatic carbocycles. The molecule has 3 nitrogen and oxygen atoms in total. The monoisotopic (exact) mass is 329 g/mol. The number of halogens is 2. The molecule has 2 fully saturated rings. The summed E-state index contributed by atoms with van der Waals surface area (Å²) in [7, 11) is 0. The van der Waals surface area contributed by atoms with E-state index in [1.165, 1.54) is 25.9 Å². The van der Waals surface area contributed by atoms with E-state index in [1.807, 2.05) is 0 Å². The van der Waals surface area contributed by atoms with Crippen LogP contribution in [-0.4, -0.2) is 36.4 Å². The second-order valence-electron chi connectivity index (χ2n) is 5.86. The second-order valence-corrected chi connectivity index (χ2v) is 6.20. The fraction of sp³-hybridized carbons (Fsp3) is 0.562. The van der Waals surface area contributed by atoms with Crippen LogP contribution in [0.25, 0.3) is 0 Å². The average molecular weight is 330 g/mol. The molecule has 0 amide bonds. The largest absolute Gasteiger partial charge is 0.494 e. The Morgan fingerprint density at radius 2 is 1.81 bits per heavy atom. The molecule has 1 aliphatic heterocycles. The van der Waals surface area contributed by atoms with Crippen molar-refractivity contribution in [2.24, 2.45) is 11.8 Å². The Hall–Kier alpha value is -0.770. The third-order valence-corrected chi connectivity index (χ3v) is 4.75. The van der Waals surface area contributed by atoms with Gasteiger partial charge in [-0.15, -0.1) is 12.4 Å². The number of benzene rings is 1. The molecule has 1 aromatic rings. The summed E-state index contributed by atoms with van der Waals surface area (Å²) in [5.74, 6) is 2.77. The molecule has 0 bridgehead atoms. The number of fused-ring (bicyclic) bond motifs is 1. The van der Waals surface area contributed by atoms with Gasteiger partial charge in [0.05, 0.1) is 6.61 Å². The van der Waals surface area contributed by atoms with Crippen molar-refractivity contribution in [3.63, 3.8) is 0 Å². The summed E-state index contributed by atoms with van der Waals surface area (Å²) in [4.78, 5) is 13.5. The molecule has 1 saturated carbocycles. The smallest absolute Gasteiger partial charge is 0.252 e. The van der Waals surface area contributed by atoms with E-state index in [4.69, 9.17) is 16.3 Å². The first kappa shape index (κ1) is 16.6. The summed E-state index contributed by atoms with van der Waals surface area (Å²) in [5.41, 5.74) is 0.506. The number of hydrogen-bond donors (Lipinski definition) is 0. The van der Waals surface area contributed by atoms with Gasteiger partial charge in [0.2, 0.25) is 0 Å². The molecule has 0 N–H and O–H groups in total. The molecule has 116 valence electrons. The van der Waals surface area contributed by atoms with Crippen LogP contribution in [0.5, 0.6) is 5.75 Å². The summed E-state index contributed by atoms with van der Waals surface area (Å²) in [6.07, 6.45) is 3.92. The minimum atomic E-state index is -0.430. The van der Waals surface area contributed by atoms with Gasteiger partial charge in [0.15, 0.2) is 0 Å². The molecule has 2 atom stereocenters. The van der Waals surface area contributed by atoms with Crippen LogP contribution >= 0.6 is 24.0 Å². The van der Waals surface area contributed by atoms with E-state index in [1.54, 1.807) is 24.3 Å². The molecular weight excluding hydrogens is 309 g/mol. The fourth-order valence-electron chi connectivity index (χ4n) is 3.20. The summed E-state index contributed by atoms with van der Waals surface area (Å²) >= 11 is 5.40. The Morgan fingerprint density at radius 1 is 1.19 bits per heavy atom. The maximum absolute atomic E-state index is 10.9. The molecule has 0 aromatic heterocycles. The van der Waals surface area contributed by atoms with Crippen LogP contribution in [-0.2, 0) is 0 Å². The van der Waals surface area contributed by atoms with Crippen molar-refractivity contribution < 1.29 is 9.53 Å². The van der Waals surface area contributed by atoms with E-state index in [0.29, 0.717) is 5.56 Å². The van der Waals surface area contributed by atoms with Crippen LogP contribution in [0.2, 0.25) is 0 Å². The average Bonchev–Trinajstić information content (AvgIpc) is 2.71. The number of hydrogen-bond acceptors (Lipinski definition) is 3. The lowest BCUT2D eigenvalue weighted by atomic mass is 9.77. The van der Waals surface area contributed by atoms with Gasteiger partial charge in [-0.1, -0.05) is 0 Å². The molecule has 1 aliphatic carbocycles. The molecule has 5 heteroatoms. The Balaban J connectivity index is 0.00000161. The van der Waals surface area contributed by atoms with Crippen LogP contribution < -0.4 is 4.74 Å². The van der Waals surface area contributed by atoms with Gasteiger partial charge in [0.1, 0.15) is 5.75 Å². The summed E-state index contributed by atoms with van der Waals surface area (Å²) in [6, 6.07) is 6.99. The van der Waals surface area contributed by atoms with Crippen molar-refractivity contribution in [3.05, 3.63) is 29.8 Å². The molecular formula is C16H21Cl2NO2. The van der Waals surface area contributed by atoms with E-state index in [-0.39, 0.29) is 12.4 Å². The van der Waals surface area contributed by atoms with Crippen LogP contribution in [0.15, 0.2) is 24.3 Å². The van der Waals surface area contributed by atoms with E-state index < -0.39 is 5.24 Å². The third-order valence-electron chi connectivity index (χ3n) is 4.53. The maximum atomic E-state index is 10.9. The van der Waals surface area contributed by atoms with Crippen LogP contribution in [0.1, 0.15) is 29.6 Å². The Labute approximate surface area is 137 Å². The second kappa shape index (κ2) is 7.48. The lowest BCUT2D eigenvalue weighted by Crippen LogP contribution is -2.23. The first-order valence-corrected chi connectivity index (χ1v) is 7.75. The van der Waals surface area contributed by atoms with Gasteiger partial charge in [-0.25, -0.2) is 0 Å². The number of likely N-dealkylation sites (tertiary alicyclic amines) is 1. The molecule has 1 heterocycles. The molecule has 0 spiro atoms. The van der Waals surface area contributed by atoms with Gasteiger partial charge in [-0.05, 0) is 67.0 Å². The van der Waals surface area contributed by atoms with Crippen molar-refractivity contribution in [1.29, 1.82) is 0 Å². The fourth-order valence-corrected chi connectivity index (χ4v) is 3.33. The normalized spacial score (nSPS) is 23.9. The van der Waals surface area contributed by atoms with Crippen LogP contribution in [0.3, 0.4) is 0 Å². The molecule has 2 aliphatic rings. The Bertz CT molecular complexity index is 466. The Kier molecular flexibility index (Phi) is 5.91. The zero-order chi connectivity index (χ0) is 13.9. The lowest BCUT2D eigenvalue weighted by Gasteiger charge is -2.28. The quantitative estimate of drug-likeness (QED) is 0.590. The first-order chi connectivity index (χ1) is 9.72. The standard InChI is InChI=1S/C16H20ClNO2.ClH/c17-16(19)12-4-6-15(7-5-12)20-9-1-8-18-10-13-2-3-14(13)11-18;/h4-7,13-14H,1-3,8-11H2;1H/t13-,14+;. The predicted octanol–water partition coefficient (Wildman–Crippen LogP) is 3.60. The molecule has 3 rings (SSSR count). The lowest BCUT2D eigenvalue weighted by molar-refractivity contribution is 0.108. The van der Waals surface area contributed by atoms with E-state index in [2.05, 4.69) is 4.90 Å². The van der Waals surface area contributed by atoms with Gasteiger partial charge < -0.3 is 9.64 Å². The predicted molar refractivity (Wildman–Crippen MR) is 86.6 cm³/mol. The van der Waals surface area contributed by atoms with Crippen molar-refractivity contribution in [1.82, 2.24) is 4.90 Å². The van der Waals surface area contributed by atoms with Crippen molar-refractivity contribution in [3.8, 4) is 5.75 Å². The van der Waals surface area contributed by atoms with E-state index in [9.17, 15) is 4.79 Å².